The Morgan fingerprint density at radius 2 is 1.23 bits per heavy atom. The van der Waals surface area contributed by atoms with E-state index in [0.29, 0.717) is 18.1 Å². The van der Waals surface area contributed by atoms with Gasteiger partial charge in [-0.15, -0.1) is 0 Å². The fourth-order valence-electron chi connectivity index (χ4n) is 3.28. The highest BCUT2D eigenvalue weighted by Crippen LogP contribution is 2.15. The monoisotopic (exact) mass is 438 g/mol. The highest BCUT2D eigenvalue weighted by Gasteiger charge is 2.09. The quantitative estimate of drug-likeness (QED) is 0.182. The van der Waals surface area contributed by atoms with Gasteiger partial charge in [0, 0.05) is 11.4 Å². The molecule has 0 saturated heterocycles. The van der Waals surface area contributed by atoms with Crippen molar-refractivity contribution in [3.63, 3.8) is 0 Å². The van der Waals surface area contributed by atoms with Crippen LogP contribution in [-0.2, 0) is 25.5 Å². The van der Waals surface area contributed by atoms with E-state index < -0.39 is 0 Å². The first-order valence-electron chi connectivity index (χ1n) is 11.7. The molecule has 0 aliphatic carbocycles. The Morgan fingerprint density at radius 3 is 1.80 bits per heavy atom. The number of rotatable bonds is 18. The second-order valence-corrected chi connectivity index (χ2v) is 8.23. The highest BCUT2D eigenvalue weighted by molar-refractivity contribution is 6.31. The maximum Gasteiger partial charge on any atom is 0.306 e. The molecule has 0 saturated carbocycles. The maximum absolute atomic E-state index is 11.7. The SMILES string of the molecule is CCCCCCCCCCCCCOC(=O)CCC(=O)OCCc1ccccc1Cl. The van der Waals surface area contributed by atoms with E-state index in [1.807, 2.05) is 24.3 Å². The molecule has 1 aromatic carbocycles. The van der Waals surface area contributed by atoms with E-state index in [0.717, 1.165) is 18.4 Å². The van der Waals surface area contributed by atoms with E-state index in [1.54, 1.807) is 0 Å². The minimum absolute atomic E-state index is 0.0552. The number of hydrogen-bond acceptors (Lipinski definition) is 4. The van der Waals surface area contributed by atoms with Crippen molar-refractivity contribution in [2.24, 2.45) is 0 Å². The van der Waals surface area contributed by atoms with Crippen LogP contribution in [0.15, 0.2) is 24.3 Å². The number of carbonyl (C=O) groups is 2. The summed E-state index contributed by atoms with van der Waals surface area (Å²) in [6, 6.07) is 7.47. The van der Waals surface area contributed by atoms with Crippen molar-refractivity contribution in [3.8, 4) is 0 Å². The number of esters is 2. The van der Waals surface area contributed by atoms with Crippen LogP contribution in [0.2, 0.25) is 5.02 Å². The predicted molar refractivity (Wildman–Crippen MR) is 123 cm³/mol. The lowest BCUT2D eigenvalue weighted by atomic mass is 10.1. The lowest BCUT2D eigenvalue weighted by Crippen LogP contribution is -2.12. The molecule has 0 amide bonds. The molecular formula is C25H39ClO4. The van der Waals surface area contributed by atoms with Crippen LogP contribution >= 0.6 is 11.6 Å². The minimum Gasteiger partial charge on any atom is -0.466 e. The Hall–Kier alpha value is -1.55. The molecule has 0 bridgehead atoms. The van der Waals surface area contributed by atoms with Crippen molar-refractivity contribution < 1.29 is 19.1 Å². The average molecular weight is 439 g/mol. The van der Waals surface area contributed by atoms with Crippen LogP contribution in [-0.4, -0.2) is 25.2 Å². The molecule has 0 aromatic heterocycles. The third kappa shape index (κ3) is 14.4. The summed E-state index contributed by atoms with van der Waals surface area (Å²) in [7, 11) is 0. The lowest BCUT2D eigenvalue weighted by molar-refractivity contribution is -0.150. The number of hydrogen-bond donors (Lipinski definition) is 0. The largest absolute Gasteiger partial charge is 0.466 e. The van der Waals surface area contributed by atoms with Crippen LogP contribution in [0.4, 0.5) is 0 Å². The van der Waals surface area contributed by atoms with Gasteiger partial charge >= 0.3 is 11.9 Å². The summed E-state index contributed by atoms with van der Waals surface area (Å²) < 4.78 is 10.4. The summed E-state index contributed by atoms with van der Waals surface area (Å²) in [5.41, 5.74) is 0.943. The molecule has 1 aromatic rings. The van der Waals surface area contributed by atoms with Gasteiger partial charge < -0.3 is 9.47 Å². The van der Waals surface area contributed by atoms with Crippen LogP contribution in [0.25, 0.3) is 0 Å². The Bertz CT molecular complexity index is 588. The van der Waals surface area contributed by atoms with Gasteiger partial charge in [0.05, 0.1) is 26.1 Å². The zero-order chi connectivity index (χ0) is 21.9. The molecular weight excluding hydrogens is 400 g/mol. The standard InChI is InChI=1S/C25H39ClO4/c1-2-3-4-5-6-7-8-9-10-11-14-20-29-24(27)17-18-25(28)30-21-19-22-15-12-13-16-23(22)26/h12-13,15-16H,2-11,14,17-21H2,1H3. The van der Waals surface area contributed by atoms with Gasteiger partial charge in [-0.2, -0.15) is 0 Å². The van der Waals surface area contributed by atoms with Crippen molar-refractivity contribution in [1.82, 2.24) is 0 Å². The van der Waals surface area contributed by atoms with Gasteiger partial charge in [-0.25, -0.2) is 0 Å². The van der Waals surface area contributed by atoms with Crippen molar-refractivity contribution in [1.29, 1.82) is 0 Å². The molecule has 0 atom stereocenters. The lowest BCUT2D eigenvalue weighted by Gasteiger charge is -2.07. The Kier molecular flexibility index (Phi) is 16.1. The molecule has 4 nitrogen and oxygen atoms in total. The second-order valence-electron chi connectivity index (χ2n) is 7.82. The van der Waals surface area contributed by atoms with E-state index in [1.165, 1.54) is 57.8 Å². The molecule has 0 aliphatic rings. The number of ether oxygens (including phenoxy) is 2. The minimum atomic E-state index is -0.381. The summed E-state index contributed by atoms with van der Waals surface area (Å²) in [6.45, 7) is 2.95. The summed E-state index contributed by atoms with van der Waals surface area (Å²) >= 11 is 6.06. The Labute approximate surface area is 187 Å². The zero-order valence-electron chi connectivity index (χ0n) is 18.6. The van der Waals surface area contributed by atoms with E-state index in [4.69, 9.17) is 21.1 Å². The Morgan fingerprint density at radius 1 is 0.733 bits per heavy atom. The van der Waals surface area contributed by atoms with Crippen LogP contribution in [0.1, 0.15) is 96.0 Å². The van der Waals surface area contributed by atoms with Gasteiger partial charge in [-0.3, -0.25) is 9.59 Å². The molecule has 170 valence electrons. The average Bonchev–Trinajstić information content (AvgIpc) is 2.74. The van der Waals surface area contributed by atoms with Crippen LogP contribution < -0.4 is 0 Å². The van der Waals surface area contributed by atoms with E-state index in [9.17, 15) is 9.59 Å². The first-order chi connectivity index (χ1) is 14.6. The number of halogens is 1. The summed E-state index contributed by atoms with van der Waals surface area (Å²) in [6.07, 6.45) is 14.6. The van der Waals surface area contributed by atoms with E-state index in [-0.39, 0.29) is 31.4 Å². The van der Waals surface area contributed by atoms with Gasteiger partial charge in [0.2, 0.25) is 0 Å². The smallest absolute Gasteiger partial charge is 0.306 e. The Balaban J connectivity index is 1.90. The normalized spacial score (nSPS) is 10.7. The molecule has 0 N–H and O–H groups in total. The molecule has 0 heterocycles. The van der Waals surface area contributed by atoms with Gasteiger partial charge in [-0.1, -0.05) is 101 Å². The second kappa shape index (κ2) is 18.2. The molecule has 0 fully saturated rings. The summed E-state index contributed by atoms with van der Waals surface area (Å²) in [5.74, 6) is -0.709. The number of unbranched alkanes of at least 4 members (excludes halogenated alkanes) is 10. The van der Waals surface area contributed by atoms with Gasteiger partial charge in [0.25, 0.3) is 0 Å². The van der Waals surface area contributed by atoms with Gasteiger partial charge in [0.1, 0.15) is 0 Å². The van der Waals surface area contributed by atoms with E-state index in [2.05, 4.69) is 6.92 Å². The van der Waals surface area contributed by atoms with Gasteiger partial charge in [-0.05, 0) is 18.1 Å². The zero-order valence-corrected chi connectivity index (χ0v) is 19.4. The first-order valence-corrected chi connectivity index (χ1v) is 12.1. The maximum atomic E-state index is 11.7. The third-order valence-electron chi connectivity index (χ3n) is 5.14. The molecule has 0 radical (unpaired) electrons. The van der Waals surface area contributed by atoms with Crippen molar-refractivity contribution >= 4 is 23.5 Å². The number of carbonyl (C=O) groups excluding carboxylic acids is 2. The van der Waals surface area contributed by atoms with Crippen molar-refractivity contribution in [3.05, 3.63) is 34.9 Å². The molecule has 30 heavy (non-hydrogen) atoms. The molecule has 1 rings (SSSR count). The van der Waals surface area contributed by atoms with E-state index >= 15 is 0 Å². The fraction of sp³-hybridized carbons (Fsp3) is 0.680. The first kappa shape index (κ1) is 26.5. The molecule has 5 heteroatoms. The summed E-state index contributed by atoms with van der Waals surface area (Å²) in [4.78, 5) is 23.5. The summed E-state index contributed by atoms with van der Waals surface area (Å²) in [5, 5.41) is 0.666. The third-order valence-corrected chi connectivity index (χ3v) is 5.51. The van der Waals surface area contributed by atoms with Crippen molar-refractivity contribution in [2.45, 2.75) is 96.8 Å². The molecule has 0 spiro atoms. The van der Waals surface area contributed by atoms with Crippen molar-refractivity contribution in [2.75, 3.05) is 13.2 Å². The number of benzene rings is 1. The van der Waals surface area contributed by atoms with Gasteiger partial charge in [0.15, 0.2) is 0 Å². The molecule has 0 unspecified atom stereocenters. The topological polar surface area (TPSA) is 52.6 Å². The predicted octanol–water partition coefficient (Wildman–Crippen LogP) is 7.06. The molecule has 0 aliphatic heterocycles. The van der Waals surface area contributed by atoms with Crippen LogP contribution in [0.3, 0.4) is 0 Å². The fourth-order valence-corrected chi connectivity index (χ4v) is 3.51. The highest BCUT2D eigenvalue weighted by atomic mass is 35.5. The van der Waals surface area contributed by atoms with Crippen LogP contribution in [0.5, 0.6) is 0 Å². The van der Waals surface area contributed by atoms with Crippen LogP contribution in [0, 0.1) is 0 Å².